The summed E-state index contributed by atoms with van der Waals surface area (Å²) in [6.07, 6.45) is 0.320. The van der Waals surface area contributed by atoms with Crippen LogP contribution in [0.1, 0.15) is 16.3 Å². The van der Waals surface area contributed by atoms with E-state index in [4.69, 9.17) is 4.74 Å². The molecule has 118 valence electrons. The number of methoxy groups -OCH3 is 1. The Kier molecular flexibility index (Phi) is 5.91. The van der Waals surface area contributed by atoms with Gasteiger partial charge in [-0.15, -0.1) is 11.3 Å². The predicted octanol–water partition coefficient (Wildman–Crippen LogP) is 2.07. The third kappa shape index (κ3) is 5.13. The molecule has 0 aliphatic rings. The number of carbonyl (C=O) groups excluding carboxylic acids is 1. The number of nitrogens with one attached hydrogen (secondary N) is 1. The number of hydrogen-bond donors (Lipinski definition) is 1. The normalized spacial score (nSPS) is 10.7. The van der Waals surface area contributed by atoms with E-state index in [1.165, 1.54) is 0 Å². The lowest BCUT2D eigenvalue weighted by molar-refractivity contribution is -0.120. The number of aromatic nitrogens is 1. The standard InChI is InChI=1S/C16H21N3O2S/c1-19(2)10-16-18-13(11-22-16)8-15(20)17-9-12-4-6-14(21-3)7-5-12/h4-7,11H,8-10H2,1-3H3,(H,17,20). The molecule has 0 bridgehead atoms. The van der Waals surface area contributed by atoms with Crippen molar-refractivity contribution in [2.45, 2.75) is 19.5 Å². The highest BCUT2D eigenvalue weighted by atomic mass is 32.1. The van der Waals surface area contributed by atoms with E-state index >= 15 is 0 Å². The van der Waals surface area contributed by atoms with Crippen molar-refractivity contribution in [2.24, 2.45) is 0 Å². The summed E-state index contributed by atoms with van der Waals surface area (Å²) >= 11 is 1.59. The van der Waals surface area contributed by atoms with Crippen LogP contribution in [0.25, 0.3) is 0 Å². The molecule has 1 heterocycles. The van der Waals surface area contributed by atoms with Gasteiger partial charge in [-0.2, -0.15) is 0 Å². The molecule has 6 heteroatoms. The SMILES string of the molecule is COc1ccc(CNC(=O)Cc2csc(CN(C)C)n2)cc1. The third-order valence-electron chi connectivity index (χ3n) is 3.04. The summed E-state index contributed by atoms with van der Waals surface area (Å²) in [7, 11) is 5.64. The molecule has 1 amide bonds. The molecule has 0 aliphatic carbocycles. The third-order valence-corrected chi connectivity index (χ3v) is 3.92. The first-order valence-electron chi connectivity index (χ1n) is 7.04. The molecule has 0 fully saturated rings. The van der Waals surface area contributed by atoms with Crippen LogP contribution in [0.5, 0.6) is 5.75 Å². The molecule has 0 saturated heterocycles. The van der Waals surface area contributed by atoms with Crippen molar-refractivity contribution >= 4 is 17.2 Å². The second-order valence-electron chi connectivity index (χ2n) is 5.27. The fourth-order valence-electron chi connectivity index (χ4n) is 1.94. The van der Waals surface area contributed by atoms with Crippen molar-refractivity contribution in [3.63, 3.8) is 0 Å². The molecule has 0 saturated carbocycles. The van der Waals surface area contributed by atoms with Gasteiger partial charge in [0.25, 0.3) is 0 Å². The molecule has 2 aromatic rings. The lowest BCUT2D eigenvalue weighted by Crippen LogP contribution is -2.24. The minimum Gasteiger partial charge on any atom is -0.497 e. The van der Waals surface area contributed by atoms with Gasteiger partial charge in [-0.3, -0.25) is 4.79 Å². The second-order valence-corrected chi connectivity index (χ2v) is 6.21. The first-order valence-corrected chi connectivity index (χ1v) is 7.92. The Labute approximate surface area is 134 Å². The predicted molar refractivity (Wildman–Crippen MR) is 88.0 cm³/mol. The maximum Gasteiger partial charge on any atom is 0.226 e. The van der Waals surface area contributed by atoms with E-state index in [0.717, 1.165) is 28.6 Å². The highest BCUT2D eigenvalue weighted by Crippen LogP contribution is 2.13. The molecule has 22 heavy (non-hydrogen) atoms. The van der Waals surface area contributed by atoms with Crippen LogP contribution < -0.4 is 10.1 Å². The van der Waals surface area contributed by atoms with E-state index < -0.39 is 0 Å². The first kappa shape index (κ1) is 16.5. The average Bonchev–Trinajstić information content (AvgIpc) is 2.92. The van der Waals surface area contributed by atoms with E-state index in [9.17, 15) is 4.79 Å². The van der Waals surface area contributed by atoms with E-state index in [2.05, 4.69) is 15.2 Å². The van der Waals surface area contributed by atoms with E-state index in [1.807, 2.05) is 43.7 Å². The Morgan fingerprint density at radius 1 is 1.32 bits per heavy atom. The molecule has 2 rings (SSSR count). The van der Waals surface area contributed by atoms with Gasteiger partial charge in [0, 0.05) is 18.5 Å². The van der Waals surface area contributed by atoms with Crippen LogP contribution in [0.3, 0.4) is 0 Å². The first-order chi connectivity index (χ1) is 10.6. The zero-order valence-electron chi connectivity index (χ0n) is 13.1. The van der Waals surface area contributed by atoms with Crippen molar-refractivity contribution in [3.8, 4) is 5.75 Å². The number of nitrogens with zero attached hydrogens (tertiary/aromatic N) is 2. The summed E-state index contributed by atoms with van der Waals surface area (Å²) in [6.45, 7) is 1.32. The summed E-state index contributed by atoms with van der Waals surface area (Å²) in [5.41, 5.74) is 1.87. The van der Waals surface area contributed by atoms with Gasteiger partial charge in [0.15, 0.2) is 0 Å². The van der Waals surface area contributed by atoms with Crippen LogP contribution in [0, 0.1) is 0 Å². The molecule has 0 radical (unpaired) electrons. The van der Waals surface area contributed by atoms with Crippen LogP contribution in [0.2, 0.25) is 0 Å². The van der Waals surface area contributed by atoms with Crippen molar-refractivity contribution < 1.29 is 9.53 Å². The number of amides is 1. The minimum absolute atomic E-state index is 0.0162. The van der Waals surface area contributed by atoms with Crippen molar-refractivity contribution in [1.29, 1.82) is 0 Å². The Morgan fingerprint density at radius 2 is 2.05 bits per heavy atom. The number of rotatable bonds is 7. The molecule has 0 atom stereocenters. The zero-order valence-corrected chi connectivity index (χ0v) is 13.9. The number of benzene rings is 1. The largest absolute Gasteiger partial charge is 0.497 e. The van der Waals surface area contributed by atoms with Gasteiger partial charge >= 0.3 is 0 Å². The Bertz CT molecular complexity index is 608. The Balaban J connectivity index is 1.80. The molecule has 0 aliphatic heterocycles. The molecule has 5 nitrogen and oxygen atoms in total. The molecule has 1 N–H and O–H groups in total. The summed E-state index contributed by atoms with van der Waals surface area (Å²) in [5.74, 6) is 0.795. The van der Waals surface area contributed by atoms with Gasteiger partial charge in [0.05, 0.1) is 19.2 Å². The van der Waals surface area contributed by atoms with Gasteiger partial charge in [0.1, 0.15) is 10.8 Å². The average molecular weight is 319 g/mol. The van der Waals surface area contributed by atoms with Gasteiger partial charge in [-0.05, 0) is 31.8 Å². The zero-order chi connectivity index (χ0) is 15.9. The number of ether oxygens (including phenoxy) is 1. The monoisotopic (exact) mass is 319 g/mol. The summed E-state index contributed by atoms with van der Waals surface area (Å²) in [4.78, 5) is 18.5. The van der Waals surface area contributed by atoms with Crippen LogP contribution in [0.4, 0.5) is 0 Å². The van der Waals surface area contributed by atoms with Crippen LogP contribution >= 0.6 is 11.3 Å². The Morgan fingerprint density at radius 3 is 2.68 bits per heavy atom. The van der Waals surface area contributed by atoms with E-state index in [-0.39, 0.29) is 5.91 Å². The quantitative estimate of drug-likeness (QED) is 0.849. The smallest absolute Gasteiger partial charge is 0.226 e. The second kappa shape index (κ2) is 7.91. The minimum atomic E-state index is -0.0162. The molecule has 1 aromatic carbocycles. The highest BCUT2D eigenvalue weighted by molar-refractivity contribution is 7.09. The lowest BCUT2D eigenvalue weighted by Gasteiger charge is -2.06. The molecule has 1 aromatic heterocycles. The van der Waals surface area contributed by atoms with Crippen molar-refractivity contribution in [1.82, 2.24) is 15.2 Å². The fourth-order valence-corrected chi connectivity index (χ4v) is 2.86. The molecule has 0 unspecified atom stereocenters. The summed E-state index contributed by atoms with van der Waals surface area (Å²) in [6, 6.07) is 7.65. The molecule has 0 spiro atoms. The van der Waals surface area contributed by atoms with Gasteiger partial charge in [0.2, 0.25) is 5.91 Å². The maximum atomic E-state index is 12.0. The molecular weight excluding hydrogens is 298 g/mol. The van der Waals surface area contributed by atoms with Gasteiger partial charge in [-0.1, -0.05) is 12.1 Å². The highest BCUT2D eigenvalue weighted by Gasteiger charge is 2.08. The molecular formula is C16H21N3O2S. The van der Waals surface area contributed by atoms with E-state index in [0.29, 0.717) is 13.0 Å². The number of thiazole rings is 1. The van der Waals surface area contributed by atoms with E-state index in [1.54, 1.807) is 18.4 Å². The van der Waals surface area contributed by atoms with Gasteiger partial charge in [-0.25, -0.2) is 4.98 Å². The van der Waals surface area contributed by atoms with Crippen molar-refractivity contribution in [3.05, 3.63) is 45.9 Å². The number of hydrogen-bond acceptors (Lipinski definition) is 5. The maximum absolute atomic E-state index is 12.0. The number of carbonyl (C=O) groups is 1. The van der Waals surface area contributed by atoms with Gasteiger partial charge < -0.3 is 15.0 Å². The lowest BCUT2D eigenvalue weighted by atomic mass is 10.2. The topological polar surface area (TPSA) is 54.5 Å². The summed E-state index contributed by atoms with van der Waals surface area (Å²) in [5, 5.41) is 5.89. The van der Waals surface area contributed by atoms with Crippen LogP contribution in [-0.2, 0) is 24.3 Å². The van der Waals surface area contributed by atoms with Crippen molar-refractivity contribution in [2.75, 3.05) is 21.2 Å². The fraction of sp³-hybridized carbons (Fsp3) is 0.375. The summed E-state index contributed by atoms with van der Waals surface area (Å²) < 4.78 is 5.11. The van der Waals surface area contributed by atoms with Crippen LogP contribution in [0.15, 0.2) is 29.6 Å². The Hall–Kier alpha value is -1.92. The van der Waals surface area contributed by atoms with Crippen LogP contribution in [-0.4, -0.2) is 37.0 Å².